The average Bonchev–Trinajstić information content (AvgIpc) is 3.36. The van der Waals surface area contributed by atoms with Crippen LogP contribution in [-0.4, -0.2) is 48.0 Å². The molecule has 4 aromatic rings. The van der Waals surface area contributed by atoms with Crippen LogP contribution in [-0.2, 0) is 4.79 Å². The Kier molecular flexibility index (Phi) is 4.02. The Morgan fingerprint density at radius 3 is 3.03 bits per heavy atom. The molecule has 5 heterocycles. The normalized spacial score (nSPS) is 17.0. The van der Waals surface area contributed by atoms with E-state index in [1.807, 2.05) is 29.4 Å². The number of likely N-dealkylation sites (tertiary alicyclic amines) is 1. The van der Waals surface area contributed by atoms with Crippen LogP contribution in [0.25, 0.3) is 27.9 Å². The summed E-state index contributed by atoms with van der Waals surface area (Å²) in [5.74, 6) is 0.104. The molecule has 1 amide bonds. The van der Waals surface area contributed by atoms with Crippen molar-refractivity contribution in [2.75, 3.05) is 13.1 Å². The summed E-state index contributed by atoms with van der Waals surface area (Å²) >= 11 is 0. The first kappa shape index (κ1) is 17.4. The van der Waals surface area contributed by atoms with Crippen molar-refractivity contribution in [3.63, 3.8) is 0 Å². The van der Waals surface area contributed by atoms with Crippen LogP contribution in [0.3, 0.4) is 0 Å². The van der Waals surface area contributed by atoms with Crippen LogP contribution < -0.4 is 0 Å². The Morgan fingerprint density at radius 1 is 1.31 bits per heavy atom. The standard InChI is InChI=1S/C21H19N7O/c1-14(29)26-7-2-3-16(12-26)27-13-23-19-5-4-18(25-21(19)27)17-11-24-28-8-6-15(10-22)9-20(17)28/h4-6,8-9,11,13,16H,2-3,7,12H2,1H3. The highest BCUT2D eigenvalue weighted by atomic mass is 16.2. The van der Waals surface area contributed by atoms with Crippen molar-refractivity contribution in [2.45, 2.75) is 25.8 Å². The van der Waals surface area contributed by atoms with Crippen molar-refractivity contribution < 1.29 is 4.79 Å². The van der Waals surface area contributed by atoms with Gasteiger partial charge in [-0.3, -0.25) is 4.79 Å². The van der Waals surface area contributed by atoms with Crippen molar-refractivity contribution in [1.82, 2.24) is 29.0 Å². The molecule has 0 radical (unpaired) electrons. The van der Waals surface area contributed by atoms with E-state index in [0.717, 1.165) is 47.3 Å². The van der Waals surface area contributed by atoms with E-state index >= 15 is 0 Å². The van der Waals surface area contributed by atoms with Crippen LogP contribution in [0.2, 0.25) is 0 Å². The third kappa shape index (κ3) is 2.91. The van der Waals surface area contributed by atoms with Gasteiger partial charge in [-0.05, 0) is 37.1 Å². The number of aromatic nitrogens is 5. The average molecular weight is 385 g/mol. The van der Waals surface area contributed by atoms with E-state index < -0.39 is 0 Å². The lowest BCUT2D eigenvalue weighted by Crippen LogP contribution is -2.39. The molecule has 144 valence electrons. The summed E-state index contributed by atoms with van der Waals surface area (Å²) in [5.41, 5.74) is 4.69. The highest BCUT2D eigenvalue weighted by Crippen LogP contribution is 2.28. The number of hydrogen-bond acceptors (Lipinski definition) is 5. The highest BCUT2D eigenvalue weighted by Gasteiger charge is 2.24. The van der Waals surface area contributed by atoms with Crippen LogP contribution in [0.1, 0.15) is 31.4 Å². The van der Waals surface area contributed by atoms with Crippen LogP contribution in [0.4, 0.5) is 0 Å². The van der Waals surface area contributed by atoms with E-state index in [9.17, 15) is 10.1 Å². The van der Waals surface area contributed by atoms with Gasteiger partial charge < -0.3 is 9.47 Å². The van der Waals surface area contributed by atoms with Crippen LogP contribution in [0, 0.1) is 11.3 Å². The SMILES string of the molecule is CC(=O)N1CCCC(n2cnc3ccc(-c4cnn5ccc(C#N)cc45)nc32)C1. The molecule has 1 fully saturated rings. The predicted molar refractivity (Wildman–Crippen MR) is 107 cm³/mol. The van der Waals surface area contributed by atoms with E-state index in [1.54, 1.807) is 29.9 Å². The molecular weight excluding hydrogens is 366 g/mol. The number of pyridine rings is 2. The lowest BCUT2D eigenvalue weighted by Gasteiger charge is -2.32. The molecule has 8 heteroatoms. The van der Waals surface area contributed by atoms with Gasteiger partial charge in [-0.25, -0.2) is 14.5 Å². The summed E-state index contributed by atoms with van der Waals surface area (Å²) in [6.45, 7) is 3.10. The molecule has 0 saturated carbocycles. The second-order valence-corrected chi connectivity index (χ2v) is 7.37. The smallest absolute Gasteiger partial charge is 0.219 e. The highest BCUT2D eigenvalue weighted by molar-refractivity contribution is 5.82. The molecule has 0 aromatic carbocycles. The number of hydrogen-bond donors (Lipinski definition) is 0. The van der Waals surface area contributed by atoms with Crippen molar-refractivity contribution in [1.29, 1.82) is 5.26 Å². The fraction of sp³-hybridized carbons (Fsp3) is 0.286. The lowest BCUT2D eigenvalue weighted by molar-refractivity contribution is -0.130. The van der Waals surface area contributed by atoms with Gasteiger partial charge in [0.2, 0.25) is 5.91 Å². The predicted octanol–water partition coefficient (Wildman–Crippen LogP) is 2.80. The Bertz CT molecular complexity index is 1280. The number of carbonyl (C=O) groups excluding carboxylic acids is 1. The summed E-state index contributed by atoms with van der Waals surface area (Å²) < 4.78 is 3.82. The lowest BCUT2D eigenvalue weighted by atomic mass is 10.1. The summed E-state index contributed by atoms with van der Waals surface area (Å²) in [6, 6.07) is 9.77. The first-order valence-corrected chi connectivity index (χ1v) is 9.61. The quantitative estimate of drug-likeness (QED) is 0.529. The van der Waals surface area contributed by atoms with Gasteiger partial charge in [-0.15, -0.1) is 0 Å². The maximum atomic E-state index is 11.8. The Morgan fingerprint density at radius 2 is 2.21 bits per heavy atom. The minimum absolute atomic E-state index is 0.104. The zero-order valence-electron chi connectivity index (χ0n) is 16.0. The largest absolute Gasteiger partial charge is 0.341 e. The molecular formula is C21H19N7O. The molecule has 1 aliphatic heterocycles. The Labute approximate surface area is 167 Å². The van der Waals surface area contributed by atoms with Gasteiger partial charge in [0.05, 0.1) is 41.4 Å². The molecule has 1 saturated heterocycles. The molecule has 29 heavy (non-hydrogen) atoms. The van der Waals surface area contributed by atoms with E-state index in [0.29, 0.717) is 12.1 Å². The molecule has 1 aliphatic rings. The fourth-order valence-corrected chi connectivity index (χ4v) is 4.04. The van der Waals surface area contributed by atoms with Gasteiger partial charge in [0, 0.05) is 31.8 Å². The topological polar surface area (TPSA) is 92.1 Å². The Hall–Kier alpha value is -3.73. The van der Waals surface area contributed by atoms with E-state index in [4.69, 9.17) is 4.98 Å². The first-order valence-electron chi connectivity index (χ1n) is 9.61. The third-order valence-corrected chi connectivity index (χ3v) is 5.58. The minimum atomic E-state index is 0.104. The fourth-order valence-electron chi connectivity index (χ4n) is 4.04. The van der Waals surface area contributed by atoms with Crippen molar-refractivity contribution in [2.24, 2.45) is 0 Å². The number of amides is 1. The summed E-state index contributed by atoms with van der Waals surface area (Å²) in [5, 5.41) is 13.6. The second-order valence-electron chi connectivity index (χ2n) is 7.37. The molecule has 5 rings (SSSR count). The number of imidazole rings is 1. The van der Waals surface area contributed by atoms with Crippen molar-refractivity contribution in [3.8, 4) is 17.3 Å². The minimum Gasteiger partial charge on any atom is -0.341 e. The van der Waals surface area contributed by atoms with Crippen molar-refractivity contribution in [3.05, 3.63) is 48.5 Å². The third-order valence-electron chi connectivity index (χ3n) is 5.58. The number of nitrogens with zero attached hydrogens (tertiary/aromatic N) is 7. The van der Waals surface area contributed by atoms with Gasteiger partial charge in [0.15, 0.2) is 5.65 Å². The first-order chi connectivity index (χ1) is 14.1. The maximum Gasteiger partial charge on any atom is 0.219 e. The summed E-state index contributed by atoms with van der Waals surface area (Å²) in [4.78, 5) is 23.1. The van der Waals surface area contributed by atoms with E-state index in [-0.39, 0.29) is 11.9 Å². The summed E-state index contributed by atoms with van der Waals surface area (Å²) in [7, 11) is 0. The maximum absolute atomic E-state index is 11.8. The number of rotatable bonds is 2. The number of piperidine rings is 1. The number of nitriles is 1. The zero-order valence-corrected chi connectivity index (χ0v) is 16.0. The molecule has 0 aliphatic carbocycles. The van der Waals surface area contributed by atoms with Gasteiger partial charge in [-0.1, -0.05) is 0 Å². The summed E-state index contributed by atoms with van der Waals surface area (Å²) in [6.07, 6.45) is 7.32. The van der Waals surface area contributed by atoms with Crippen LogP contribution in [0.15, 0.2) is 43.0 Å². The van der Waals surface area contributed by atoms with Crippen molar-refractivity contribution >= 4 is 22.6 Å². The number of carbonyl (C=O) groups is 1. The second kappa shape index (κ2) is 6.71. The van der Waals surface area contributed by atoms with E-state index in [2.05, 4.69) is 20.7 Å². The van der Waals surface area contributed by atoms with Gasteiger partial charge in [0.1, 0.15) is 5.52 Å². The molecule has 1 unspecified atom stereocenters. The molecule has 8 nitrogen and oxygen atoms in total. The van der Waals surface area contributed by atoms with Crippen LogP contribution >= 0.6 is 0 Å². The molecule has 0 bridgehead atoms. The van der Waals surface area contributed by atoms with Gasteiger partial charge >= 0.3 is 0 Å². The molecule has 1 atom stereocenters. The number of fused-ring (bicyclic) bond motifs is 2. The molecule has 0 spiro atoms. The zero-order chi connectivity index (χ0) is 20.0. The monoisotopic (exact) mass is 385 g/mol. The van der Waals surface area contributed by atoms with Gasteiger partial charge in [-0.2, -0.15) is 10.4 Å². The Balaban J connectivity index is 1.59. The molecule has 0 N–H and O–H groups in total. The van der Waals surface area contributed by atoms with Gasteiger partial charge in [0.25, 0.3) is 0 Å². The molecule has 4 aromatic heterocycles. The van der Waals surface area contributed by atoms with Crippen LogP contribution in [0.5, 0.6) is 0 Å². The van der Waals surface area contributed by atoms with E-state index in [1.165, 1.54) is 0 Å².